The number of alkyl halides is 2. The van der Waals surface area contributed by atoms with E-state index in [-0.39, 0.29) is 11.5 Å². The van der Waals surface area contributed by atoms with Gasteiger partial charge in [-0.3, -0.25) is 10.1 Å². The first-order valence-electron chi connectivity index (χ1n) is 9.23. The van der Waals surface area contributed by atoms with Crippen molar-refractivity contribution in [2.45, 2.75) is 6.61 Å². The van der Waals surface area contributed by atoms with E-state index in [2.05, 4.69) is 15.0 Å². The van der Waals surface area contributed by atoms with Gasteiger partial charge < -0.3 is 18.9 Å². The Morgan fingerprint density at radius 2 is 1.69 bits per heavy atom. The van der Waals surface area contributed by atoms with E-state index in [0.717, 1.165) is 5.56 Å². The second-order valence-corrected chi connectivity index (χ2v) is 7.08. The number of methoxy groups -OCH3 is 3. The Kier molecular flexibility index (Phi) is 7.61. The van der Waals surface area contributed by atoms with Crippen LogP contribution in [-0.2, 0) is 4.79 Å². The van der Waals surface area contributed by atoms with Crippen LogP contribution in [0.4, 0.5) is 13.9 Å². The number of benzene rings is 2. The van der Waals surface area contributed by atoms with Crippen molar-refractivity contribution in [2.75, 3.05) is 26.6 Å². The molecule has 0 fully saturated rings. The van der Waals surface area contributed by atoms with E-state index in [9.17, 15) is 13.6 Å². The minimum absolute atomic E-state index is 0.0884. The van der Waals surface area contributed by atoms with Gasteiger partial charge in [-0.05, 0) is 42.0 Å². The highest BCUT2D eigenvalue weighted by molar-refractivity contribution is 7.14. The van der Waals surface area contributed by atoms with Gasteiger partial charge in [-0.2, -0.15) is 8.78 Å². The van der Waals surface area contributed by atoms with Gasteiger partial charge in [0, 0.05) is 17.0 Å². The van der Waals surface area contributed by atoms with E-state index in [1.807, 2.05) is 11.4 Å². The number of hydrogen-bond donors (Lipinski definition) is 1. The molecule has 3 aromatic rings. The lowest BCUT2D eigenvalue weighted by Crippen LogP contribution is -2.07. The monoisotopic (exact) mass is 462 g/mol. The fourth-order valence-electron chi connectivity index (χ4n) is 2.76. The van der Waals surface area contributed by atoms with Crippen molar-refractivity contribution in [3.05, 3.63) is 53.4 Å². The Morgan fingerprint density at radius 1 is 1.00 bits per heavy atom. The molecule has 1 amide bonds. The van der Waals surface area contributed by atoms with E-state index in [1.54, 1.807) is 26.4 Å². The zero-order chi connectivity index (χ0) is 23.1. The number of anilines is 1. The van der Waals surface area contributed by atoms with Gasteiger partial charge in [-0.1, -0.05) is 6.07 Å². The molecule has 0 saturated carbocycles. The van der Waals surface area contributed by atoms with Crippen molar-refractivity contribution < 1.29 is 32.5 Å². The van der Waals surface area contributed by atoms with Gasteiger partial charge in [-0.15, -0.1) is 11.3 Å². The van der Waals surface area contributed by atoms with Crippen molar-refractivity contribution in [1.29, 1.82) is 0 Å². The van der Waals surface area contributed by atoms with Crippen LogP contribution in [0.25, 0.3) is 17.3 Å². The number of nitrogens with one attached hydrogen (secondary N) is 1. The van der Waals surface area contributed by atoms with E-state index in [4.69, 9.17) is 14.2 Å². The van der Waals surface area contributed by atoms with Crippen LogP contribution in [0.5, 0.6) is 23.0 Å². The van der Waals surface area contributed by atoms with Gasteiger partial charge in [0.05, 0.1) is 27.0 Å². The first kappa shape index (κ1) is 23.0. The summed E-state index contributed by atoms with van der Waals surface area (Å²) in [6.07, 6.45) is 2.83. The number of carbonyl (C=O) groups excluding carboxylic acids is 1. The summed E-state index contributed by atoms with van der Waals surface area (Å²) in [5.74, 6) is 0.828. The third kappa shape index (κ3) is 5.73. The molecule has 168 valence electrons. The molecule has 1 heterocycles. The Labute approximate surface area is 187 Å². The fraction of sp³-hybridized carbons (Fsp3) is 0.182. The Hall–Kier alpha value is -3.66. The maximum atomic E-state index is 12.4. The lowest BCUT2D eigenvalue weighted by Gasteiger charge is -2.10. The molecule has 1 aromatic heterocycles. The zero-order valence-electron chi connectivity index (χ0n) is 17.4. The van der Waals surface area contributed by atoms with E-state index in [0.29, 0.717) is 27.9 Å². The Bertz CT molecular complexity index is 1120. The quantitative estimate of drug-likeness (QED) is 0.447. The molecule has 10 heteroatoms. The maximum absolute atomic E-state index is 12.4. The largest absolute Gasteiger partial charge is 0.493 e. The standard InChI is InChI=1S/C22H20F2N2O5S/c1-28-16-8-6-14(11-19(16)30-3)15-12-32-22(25-15)26-20(27)9-5-13-4-7-17(31-21(23)24)18(10-13)29-2/h4-12,21H,1-3H3,(H,25,26,27)/b9-5+. The number of nitrogens with zero attached hydrogens (tertiary/aromatic N) is 1. The van der Waals surface area contributed by atoms with Gasteiger partial charge in [0.2, 0.25) is 5.91 Å². The van der Waals surface area contributed by atoms with Crippen LogP contribution in [-0.4, -0.2) is 38.8 Å². The van der Waals surface area contributed by atoms with Crippen LogP contribution in [0.2, 0.25) is 0 Å². The summed E-state index contributed by atoms with van der Waals surface area (Å²) in [5.41, 5.74) is 2.06. The van der Waals surface area contributed by atoms with Gasteiger partial charge in [-0.25, -0.2) is 4.98 Å². The highest BCUT2D eigenvalue weighted by Crippen LogP contribution is 2.33. The average molecular weight is 462 g/mol. The zero-order valence-corrected chi connectivity index (χ0v) is 18.2. The third-order valence-electron chi connectivity index (χ3n) is 4.24. The molecule has 0 aliphatic heterocycles. The molecule has 0 saturated heterocycles. The molecular formula is C22H20F2N2O5S. The molecule has 0 aliphatic carbocycles. The molecular weight excluding hydrogens is 442 g/mol. The number of carbonyl (C=O) groups is 1. The number of halogens is 2. The summed E-state index contributed by atoms with van der Waals surface area (Å²) in [4.78, 5) is 16.7. The second-order valence-electron chi connectivity index (χ2n) is 6.22. The highest BCUT2D eigenvalue weighted by Gasteiger charge is 2.12. The summed E-state index contributed by atoms with van der Waals surface area (Å²) in [7, 11) is 4.45. The van der Waals surface area contributed by atoms with Crippen molar-refractivity contribution >= 4 is 28.5 Å². The van der Waals surface area contributed by atoms with Crippen molar-refractivity contribution in [3.63, 3.8) is 0 Å². The first-order valence-corrected chi connectivity index (χ1v) is 10.1. The van der Waals surface area contributed by atoms with Crippen molar-refractivity contribution in [3.8, 4) is 34.3 Å². The predicted octanol–water partition coefficient (Wildman–Crippen LogP) is 5.09. The first-order chi connectivity index (χ1) is 15.4. The van der Waals surface area contributed by atoms with Gasteiger partial charge >= 0.3 is 6.61 Å². The van der Waals surface area contributed by atoms with Gasteiger partial charge in [0.15, 0.2) is 28.1 Å². The second kappa shape index (κ2) is 10.6. The van der Waals surface area contributed by atoms with Crippen molar-refractivity contribution in [1.82, 2.24) is 4.98 Å². The molecule has 0 atom stereocenters. The minimum atomic E-state index is -2.96. The van der Waals surface area contributed by atoms with Gasteiger partial charge in [0.25, 0.3) is 0 Å². The SMILES string of the molecule is COc1ccc(-c2csc(NC(=O)/C=C/c3ccc(OC(F)F)c(OC)c3)n2)cc1OC. The third-order valence-corrected chi connectivity index (χ3v) is 5.00. The van der Waals surface area contributed by atoms with Gasteiger partial charge in [0.1, 0.15) is 0 Å². The van der Waals surface area contributed by atoms with Crippen molar-refractivity contribution in [2.24, 2.45) is 0 Å². The van der Waals surface area contributed by atoms with E-state index in [1.165, 1.54) is 48.8 Å². The smallest absolute Gasteiger partial charge is 0.387 e. The van der Waals surface area contributed by atoms with Crippen LogP contribution < -0.4 is 24.3 Å². The van der Waals surface area contributed by atoms with Crippen LogP contribution >= 0.6 is 11.3 Å². The number of aromatic nitrogens is 1. The molecule has 0 radical (unpaired) electrons. The number of amides is 1. The molecule has 32 heavy (non-hydrogen) atoms. The number of ether oxygens (including phenoxy) is 4. The fourth-order valence-corrected chi connectivity index (χ4v) is 3.48. The van der Waals surface area contributed by atoms with Crippen LogP contribution in [0.3, 0.4) is 0 Å². The lowest BCUT2D eigenvalue weighted by atomic mass is 10.1. The Morgan fingerprint density at radius 3 is 2.38 bits per heavy atom. The summed E-state index contributed by atoms with van der Waals surface area (Å²) < 4.78 is 44.8. The number of thiazole rings is 1. The molecule has 2 aromatic carbocycles. The maximum Gasteiger partial charge on any atom is 0.387 e. The molecule has 1 N–H and O–H groups in total. The van der Waals surface area contributed by atoms with E-state index < -0.39 is 12.5 Å². The summed E-state index contributed by atoms with van der Waals surface area (Å²) in [6.45, 7) is -2.96. The Balaban J connectivity index is 1.67. The summed E-state index contributed by atoms with van der Waals surface area (Å²) >= 11 is 1.27. The summed E-state index contributed by atoms with van der Waals surface area (Å²) in [5, 5.41) is 4.92. The molecule has 3 rings (SSSR count). The molecule has 0 bridgehead atoms. The average Bonchev–Trinajstić information content (AvgIpc) is 3.25. The molecule has 0 unspecified atom stereocenters. The topological polar surface area (TPSA) is 78.9 Å². The normalized spacial score (nSPS) is 10.9. The lowest BCUT2D eigenvalue weighted by molar-refractivity contribution is -0.111. The predicted molar refractivity (Wildman–Crippen MR) is 118 cm³/mol. The number of hydrogen-bond acceptors (Lipinski definition) is 7. The van der Waals surface area contributed by atoms with E-state index >= 15 is 0 Å². The number of rotatable bonds is 9. The molecule has 0 spiro atoms. The van der Waals surface area contributed by atoms with Crippen LogP contribution in [0.1, 0.15) is 5.56 Å². The molecule has 7 nitrogen and oxygen atoms in total. The minimum Gasteiger partial charge on any atom is -0.493 e. The van der Waals surface area contributed by atoms with Crippen LogP contribution in [0, 0.1) is 0 Å². The highest BCUT2D eigenvalue weighted by atomic mass is 32.1. The molecule has 0 aliphatic rings. The summed E-state index contributed by atoms with van der Waals surface area (Å²) in [6, 6.07) is 9.78. The van der Waals surface area contributed by atoms with Crippen LogP contribution in [0.15, 0.2) is 47.9 Å².